The molecule has 0 bridgehead atoms. The van der Waals surface area contributed by atoms with Crippen LogP contribution in [0.25, 0.3) is 0 Å². The van der Waals surface area contributed by atoms with Crippen molar-refractivity contribution in [3.63, 3.8) is 0 Å². The SMILES string of the molecule is CC(C)N(C[C@H]1CCC(N)=N1)c1ccc(F)cc1F. The van der Waals surface area contributed by atoms with Crippen molar-refractivity contribution in [2.45, 2.75) is 38.8 Å². The van der Waals surface area contributed by atoms with Crippen molar-refractivity contribution in [3.8, 4) is 0 Å². The first kappa shape index (κ1) is 13.8. The number of hydrogen-bond acceptors (Lipinski definition) is 3. The van der Waals surface area contributed by atoms with Gasteiger partial charge in [0.05, 0.1) is 17.6 Å². The molecule has 1 aliphatic rings. The van der Waals surface area contributed by atoms with Crippen LogP contribution in [0.4, 0.5) is 14.5 Å². The quantitative estimate of drug-likeness (QED) is 0.911. The number of benzene rings is 1. The van der Waals surface area contributed by atoms with Crippen LogP contribution in [0.2, 0.25) is 0 Å². The van der Waals surface area contributed by atoms with Crippen molar-refractivity contribution in [3.05, 3.63) is 29.8 Å². The molecule has 1 aliphatic heterocycles. The molecule has 0 amide bonds. The average Bonchev–Trinajstić information content (AvgIpc) is 2.72. The summed E-state index contributed by atoms with van der Waals surface area (Å²) in [7, 11) is 0. The zero-order valence-electron chi connectivity index (χ0n) is 11.2. The maximum absolute atomic E-state index is 13.9. The van der Waals surface area contributed by atoms with Gasteiger partial charge in [-0.15, -0.1) is 0 Å². The Morgan fingerprint density at radius 2 is 2.16 bits per heavy atom. The van der Waals surface area contributed by atoms with Crippen LogP contribution in [0.15, 0.2) is 23.2 Å². The Kier molecular flexibility index (Phi) is 4.02. The van der Waals surface area contributed by atoms with Crippen LogP contribution in [-0.2, 0) is 0 Å². The van der Waals surface area contributed by atoms with Crippen molar-refractivity contribution in [1.29, 1.82) is 0 Å². The number of anilines is 1. The van der Waals surface area contributed by atoms with E-state index in [1.165, 1.54) is 12.1 Å². The van der Waals surface area contributed by atoms with Crippen molar-refractivity contribution < 1.29 is 8.78 Å². The first-order valence-corrected chi connectivity index (χ1v) is 6.51. The maximum Gasteiger partial charge on any atom is 0.149 e. The summed E-state index contributed by atoms with van der Waals surface area (Å²) in [5, 5.41) is 0. The van der Waals surface area contributed by atoms with Gasteiger partial charge in [-0.25, -0.2) is 8.78 Å². The molecule has 1 heterocycles. The molecule has 0 spiro atoms. The predicted octanol–water partition coefficient (Wildman–Crippen LogP) is 2.70. The lowest BCUT2D eigenvalue weighted by Gasteiger charge is -2.31. The summed E-state index contributed by atoms with van der Waals surface area (Å²) in [6.45, 7) is 4.55. The second kappa shape index (κ2) is 5.55. The van der Waals surface area contributed by atoms with Gasteiger partial charge in [-0.05, 0) is 32.4 Å². The van der Waals surface area contributed by atoms with Crippen LogP contribution in [0, 0.1) is 11.6 Å². The van der Waals surface area contributed by atoms with Gasteiger partial charge in [0.25, 0.3) is 0 Å². The largest absolute Gasteiger partial charge is 0.387 e. The van der Waals surface area contributed by atoms with Gasteiger partial charge in [-0.2, -0.15) is 0 Å². The maximum atomic E-state index is 13.9. The fourth-order valence-electron chi connectivity index (χ4n) is 2.34. The first-order chi connectivity index (χ1) is 8.97. The van der Waals surface area contributed by atoms with E-state index in [0.29, 0.717) is 18.1 Å². The molecule has 0 aliphatic carbocycles. The van der Waals surface area contributed by atoms with Crippen molar-refractivity contribution in [2.75, 3.05) is 11.4 Å². The third-order valence-corrected chi connectivity index (χ3v) is 3.33. The van der Waals surface area contributed by atoms with Crippen molar-refractivity contribution in [1.82, 2.24) is 0 Å². The van der Waals surface area contributed by atoms with E-state index in [0.717, 1.165) is 18.9 Å². The minimum atomic E-state index is -0.562. The Labute approximate surface area is 112 Å². The fourth-order valence-corrected chi connectivity index (χ4v) is 2.34. The Morgan fingerprint density at radius 3 is 2.68 bits per heavy atom. The molecule has 0 radical (unpaired) electrons. The number of aliphatic imine (C=N–C) groups is 1. The topological polar surface area (TPSA) is 41.6 Å². The molecule has 1 atom stereocenters. The predicted molar refractivity (Wildman–Crippen MR) is 73.5 cm³/mol. The standard InChI is InChI=1S/C14H19F2N3/c1-9(2)19(8-11-4-6-14(17)18-11)13-5-3-10(15)7-12(13)16/h3,5,7,9,11H,4,6,8H2,1-2H3,(H2,17,18)/t11-/m1/s1. The molecule has 2 rings (SSSR count). The fraction of sp³-hybridized carbons (Fsp3) is 0.500. The average molecular weight is 267 g/mol. The lowest BCUT2D eigenvalue weighted by atomic mass is 10.1. The molecular weight excluding hydrogens is 248 g/mol. The molecular formula is C14H19F2N3. The molecule has 104 valence electrons. The molecule has 0 unspecified atom stereocenters. The van der Waals surface area contributed by atoms with E-state index in [4.69, 9.17) is 5.73 Å². The highest BCUT2D eigenvalue weighted by atomic mass is 19.1. The van der Waals surface area contributed by atoms with Crippen LogP contribution in [0.1, 0.15) is 26.7 Å². The number of nitrogens with zero attached hydrogens (tertiary/aromatic N) is 2. The summed E-state index contributed by atoms with van der Waals surface area (Å²) < 4.78 is 26.8. The smallest absolute Gasteiger partial charge is 0.149 e. The summed E-state index contributed by atoms with van der Waals surface area (Å²) in [6.07, 6.45) is 1.68. The van der Waals surface area contributed by atoms with Crippen LogP contribution in [-0.4, -0.2) is 24.5 Å². The number of halogens is 2. The van der Waals surface area contributed by atoms with Gasteiger partial charge in [-0.1, -0.05) is 0 Å². The summed E-state index contributed by atoms with van der Waals surface area (Å²) in [5.41, 5.74) is 6.09. The minimum Gasteiger partial charge on any atom is -0.387 e. The number of hydrogen-bond donors (Lipinski definition) is 1. The molecule has 0 fully saturated rings. The third kappa shape index (κ3) is 3.22. The highest BCUT2D eigenvalue weighted by Gasteiger charge is 2.22. The Morgan fingerprint density at radius 1 is 1.42 bits per heavy atom. The van der Waals surface area contributed by atoms with Gasteiger partial charge >= 0.3 is 0 Å². The molecule has 1 aromatic carbocycles. The van der Waals surface area contributed by atoms with Crippen molar-refractivity contribution in [2.24, 2.45) is 10.7 Å². The zero-order valence-corrected chi connectivity index (χ0v) is 11.2. The normalized spacial score (nSPS) is 18.8. The molecule has 19 heavy (non-hydrogen) atoms. The summed E-state index contributed by atoms with van der Waals surface area (Å²) >= 11 is 0. The van der Waals surface area contributed by atoms with E-state index < -0.39 is 11.6 Å². The van der Waals surface area contributed by atoms with Crippen LogP contribution >= 0.6 is 0 Å². The van der Waals surface area contributed by atoms with Gasteiger partial charge in [0.15, 0.2) is 0 Å². The Hall–Kier alpha value is -1.65. The molecule has 3 nitrogen and oxygen atoms in total. The van der Waals surface area contributed by atoms with Crippen LogP contribution in [0.5, 0.6) is 0 Å². The number of rotatable bonds is 4. The summed E-state index contributed by atoms with van der Waals surface area (Å²) in [4.78, 5) is 6.24. The van der Waals surface area contributed by atoms with E-state index >= 15 is 0 Å². The second-order valence-electron chi connectivity index (χ2n) is 5.15. The number of amidine groups is 1. The molecule has 0 aromatic heterocycles. The van der Waals surface area contributed by atoms with Crippen LogP contribution in [0.3, 0.4) is 0 Å². The molecule has 5 heteroatoms. The summed E-state index contributed by atoms with van der Waals surface area (Å²) in [6, 6.07) is 3.87. The molecule has 0 saturated heterocycles. The first-order valence-electron chi connectivity index (χ1n) is 6.51. The molecule has 0 saturated carbocycles. The van der Waals surface area contributed by atoms with E-state index in [2.05, 4.69) is 4.99 Å². The van der Waals surface area contributed by atoms with Gasteiger partial charge in [-0.3, -0.25) is 4.99 Å². The zero-order chi connectivity index (χ0) is 14.0. The lowest BCUT2D eigenvalue weighted by Crippen LogP contribution is -2.37. The highest BCUT2D eigenvalue weighted by Crippen LogP contribution is 2.24. The van der Waals surface area contributed by atoms with Gasteiger partial charge in [0, 0.05) is 25.1 Å². The van der Waals surface area contributed by atoms with Gasteiger partial charge < -0.3 is 10.6 Å². The second-order valence-corrected chi connectivity index (χ2v) is 5.15. The van der Waals surface area contributed by atoms with Crippen LogP contribution < -0.4 is 10.6 Å². The van der Waals surface area contributed by atoms with Gasteiger partial charge in [0.2, 0.25) is 0 Å². The highest BCUT2D eigenvalue weighted by molar-refractivity contribution is 5.82. The molecule has 2 N–H and O–H groups in total. The monoisotopic (exact) mass is 267 g/mol. The number of nitrogens with two attached hydrogens (primary N) is 1. The van der Waals surface area contributed by atoms with E-state index in [-0.39, 0.29) is 12.1 Å². The van der Waals surface area contributed by atoms with E-state index in [1.807, 2.05) is 18.7 Å². The third-order valence-electron chi connectivity index (χ3n) is 3.33. The van der Waals surface area contributed by atoms with Gasteiger partial charge in [0.1, 0.15) is 11.6 Å². The van der Waals surface area contributed by atoms with E-state index in [9.17, 15) is 8.78 Å². The van der Waals surface area contributed by atoms with Crippen molar-refractivity contribution >= 4 is 11.5 Å². The van der Waals surface area contributed by atoms with E-state index in [1.54, 1.807) is 0 Å². The summed E-state index contributed by atoms with van der Waals surface area (Å²) in [5.74, 6) is -0.440. The molecule has 1 aromatic rings. The minimum absolute atomic E-state index is 0.0897. The Balaban J connectivity index is 2.20. The lowest BCUT2D eigenvalue weighted by molar-refractivity contribution is 0.552. The Bertz CT molecular complexity index is 486.